The van der Waals surface area contributed by atoms with Crippen molar-refractivity contribution in [1.82, 2.24) is 20.0 Å². The minimum Gasteiger partial charge on any atom is -0.340 e. The van der Waals surface area contributed by atoms with Crippen molar-refractivity contribution in [3.05, 3.63) is 0 Å². The van der Waals surface area contributed by atoms with Gasteiger partial charge in [0.05, 0.1) is 5.92 Å². The van der Waals surface area contributed by atoms with E-state index in [9.17, 15) is 22.8 Å². The average Bonchev–Trinajstić information content (AvgIpc) is 2.63. The molecule has 150 valence electrons. The van der Waals surface area contributed by atoms with E-state index in [0.717, 1.165) is 31.0 Å². The van der Waals surface area contributed by atoms with Crippen molar-refractivity contribution < 1.29 is 22.8 Å². The Labute approximate surface area is 152 Å². The average molecular weight is 378 g/mol. The molecule has 0 radical (unpaired) electrons. The van der Waals surface area contributed by atoms with Gasteiger partial charge in [-0.15, -0.1) is 0 Å². The second kappa shape index (κ2) is 9.55. The number of hydrogen-bond donors (Lipinski definition) is 1. The molecule has 0 spiro atoms. The van der Waals surface area contributed by atoms with Gasteiger partial charge in [0, 0.05) is 52.2 Å². The number of alkyl halides is 3. The Bertz CT molecular complexity index is 481. The molecule has 2 rings (SSSR count). The van der Waals surface area contributed by atoms with Gasteiger partial charge in [-0.3, -0.25) is 9.59 Å². The van der Waals surface area contributed by atoms with E-state index in [1.165, 1.54) is 0 Å². The minimum absolute atomic E-state index is 0.0519. The topological polar surface area (TPSA) is 55.9 Å². The molecule has 1 N–H and O–H groups in total. The molecule has 2 heterocycles. The molecule has 6 nitrogen and oxygen atoms in total. The number of nitrogens with zero attached hydrogens (tertiary/aromatic N) is 3. The SMILES string of the molecule is CCN(CC(F)(F)F)C(=O)C1CCCN(CCC(=O)N2CCNCC2)C1. The van der Waals surface area contributed by atoms with Crippen LogP contribution in [-0.2, 0) is 9.59 Å². The summed E-state index contributed by atoms with van der Waals surface area (Å²) in [6, 6.07) is 0. The number of likely N-dealkylation sites (tertiary alicyclic amines) is 1. The number of halogens is 3. The van der Waals surface area contributed by atoms with Crippen LogP contribution in [0, 0.1) is 5.92 Å². The van der Waals surface area contributed by atoms with Crippen LogP contribution in [0.25, 0.3) is 0 Å². The molecule has 2 amide bonds. The van der Waals surface area contributed by atoms with Gasteiger partial charge in [0.15, 0.2) is 0 Å². The van der Waals surface area contributed by atoms with E-state index >= 15 is 0 Å². The Morgan fingerprint density at radius 3 is 2.50 bits per heavy atom. The first-order valence-electron chi connectivity index (χ1n) is 9.36. The van der Waals surface area contributed by atoms with Crippen LogP contribution in [0.4, 0.5) is 13.2 Å². The number of carbonyl (C=O) groups excluding carboxylic acids is 2. The maximum absolute atomic E-state index is 12.6. The van der Waals surface area contributed by atoms with E-state index in [4.69, 9.17) is 0 Å². The second-order valence-corrected chi connectivity index (χ2v) is 6.99. The highest BCUT2D eigenvalue weighted by Gasteiger charge is 2.36. The molecule has 0 aromatic carbocycles. The van der Waals surface area contributed by atoms with Crippen LogP contribution in [-0.4, -0.2) is 91.6 Å². The number of piperidine rings is 1. The summed E-state index contributed by atoms with van der Waals surface area (Å²) in [6.07, 6.45) is -2.62. The second-order valence-electron chi connectivity index (χ2n) is 6.99. The van der Waals surface area contributed by atoms with E-state index in [1.807, 2.05) is 9.80 Å². The predicted molar refractivity (Wildman–Crippen MR) is 91.5 cm³/mol. The predicted octanol–water partition coefficient (Wildman–Crippen LogP) is 0.931. The molecule has 26 heavy (non-hydrogen) atoms. The van der Waals surface area contributed by atoms with Gasteiger partial charge in [0.2, 0.25) is 11.8 Å². The molecule has 1 unspecified atom stereocenters. The Kier molecular flexibility index (Phi) is 7.69. The molecule has 0 aromatic heterocycles. The largest absolute Gasteiger partial charge is 0.406 e. The molecule has 0 saturated carbocycles. The van der Waals surface area contributed by atoms with Crippen LogP contribution in [0.3, 0.4) is 0 Å². The van der Waals surface area contributed by atoms with Crippen molar-refractivity contribution in [3.63, 3.8) is 0 Å². The maximum Gasteiger partial charge on any atom is 0.406 e. The lowest BCUT2D eigenvalue weighted by molar-refractivity contribution is -0.164. The number of rotatable bonds is 6. The quantitative estimate of drug-likeness (QED) is 0.747. The zero-order chi connectivity index (χ0) is 19.2. The minimum atomic E-state index is -4.38. The lowest BCUT2D eigenvalue weighted by Crippen LogP contribution is -2.49. The summed E-state index contributed by atoms with van der Waals surface area (Å²) in [5.41, 5.74) is 0. The van der Waals surface area contributed by atoms with Crippen molar-refractivity contribution >= 4 is 11.8 Å². The Hall–Kier alpha value is -1.35. The third-order valence-electron chi connectivity index (χ3n) is 5.03. The third-order valence-corrected chi connectivity index (χ3v) is 5.03. The van der Waals surface area contributed by atoms with Gasteiger partial charge < -0.3 is 20.0 Å². The van der Waals surface area contributed by atoms with Gasteiger partial charge in [-0.1, -0.05) is 0 Å². The molecule has 2 aliphatic rings. The van der Waals surface area contributed by atoms with Gasteiger partial charge >= 0.3 is 6.18 Å². The number of piperazine rings is 1. The van der Waals surface area contributed by atoms with Crippen LogP contribution in [0.1, 0.15) is 26.2 Å². The fourth-order valence-electron chi connectivity index (χ4n) is 3.61. The lowest BCUT2D eigenvalue weighted by atomic mass is 9.96. The molecule has 2 fully saturated rings. The highest BCUT2D eigenvalue weighted by atomic mass is 19.4. The summed E-state index contributed by atoms with van der Waals surface area (Å²) in [5, 5.41) is 3.20. The lowest BCUT2D eigenvalue weighted by Gasteiger charge is -2.35. The van der Waals surface area contributed by atoms with Gasteiger partial charge in [-0.25, -0.2) is 0 Å². The molecule has 1 atom stereocenters. The summed E-state index contributed by atoms with van der Waals surface area (Å²) in [6.45, 7) is 5.22. The van der Waals surface area contributed by atoms with Gasteiger partial charge in [0.25, 0.3) is 0 Å². The summed E-state index contributed by atoms with van der Waals surface area (Å²) in [5.74, 6) is -0.740. The molecular formula is C17H29F3N4O2. The summed E-state index contributed by atoms with van der Waals surface area (Å²) >= 11 is 0. The standard InChI is InChI=1S/C17H29F3N4O2/c1-2-23(13-17(18,19)20)16(26)14-4-3-8-22(12-14)9-5-15(25)24-10-6-21-7-11-24/h14,21H,2-13H2,1H3. The van der Waals surface area contributed by atoms with Crippen molar-refractivity contribution in [2.75, 3.05) is 58.9 Å². The van der Waals surface area contributed by atoms with E-state index in [2.05, 4.69) is 5.32 Å². The van der Waals surface area contributed by atoms with Crippen molar-refractivity contribution in [2.24, 2.45) is 5.92 Å². The van der Waals surface area contributed by atoms with Crippen molar-refractivity contribution in [2.45, 2.75) is 32.4 Å². The number of amides is 2. The normalized spacial score (nSPS) is 22.3. The maximum atomic E-state index is 12.6. The number of nitrogens with one attached hydrogen (secondary N) is 1. The molecular weight excluding hydrogens is 349 g/mol. The van der Waals surface area contributed by atoms with Gasteiger partial charge in [-0.2, -0.15) is 13.2 Å². The molecule has 0 bridgehead atoms. The molecule has 2 aliphatic heterocycles. The van der Waals surface area contributed by atoms with Crippen molar-refractivity contribution in [1.29, 1.82) is 0 Å². The Balaban J connectivity index is 1.81. The molecule has 0 aliphatic carbocycles. The van der Waals surface area contributed by atoms with Crippen LogP contribution >= 0.6 is 0 Å². The summed E-state index contributed by atoms with van der Waals surface area (Å²) in [7, 11) is 0. The van der Waals surface area contributed by atoms with Gasteiger partial charge in [0.1, 0.15) is 6.54 Å². The van der Waals surface area contributed by atoms with Crippen LogP contribution in [0.15, 0.2) is 0 Å². The summed E-state index contributed by atoms with van der Waals surface area (Å²) in [4.78, 5) is 29.5. The molecule has 0 aromatic rings. The third kappa shape index (κ3) is 6.42. The van der Waals surface area contributed by atoms with Crippen molar-refractivity contribution in [3.8, 4) is 0 Å². The van der Waals surface area contributed by atoms with E-state index in [-0.39, 0.29) is 12.5 Å². The first-order valence-corrected chi connectivity index (χ1v) is 9.36. The zero-order valence-corrected chi connectivity index (χ0v) is 15.4. The first kappa shape index (κ1) is 21.0. The molecule has 9 heteroatoms. The number of hydrogen-bond acceptors (Lipinski definition) is 4. The Morgan fingerprint density at radius 2 is 1.88 bits per heavy atom. The van der Waals surface area contributed by atoms with E-state index < -0.39 is 24.5 Å². The van der Waals surface area contributed by atoms with Gasteiger partial charge in [-0.05, 0) is 26.3 Å². The first-order chi connectivity index (χ1) is 12.3. The van der Waals surface area contributed by atoms with Crippen LogP contribution in [0.5, 0.6) is 0 Å². The van der Waals surface area contributed by atoms with E-state index in [1.54, 1.807) is 6.92 Å². The monoisotopic (exact) mass is 378 g/mol. The fourth-order valence-corrected chi connectivity index (χ4v) is 3.61. The highest BCUT2D eigenvalue weighted by Crippen LogP contribution is 2.22. The summed E-state index contributed by atoms with van der Waals surface area (Å²) < 4.78 is 37.9. The molecule has 2 saturated heterocycles. The fraction of sp³-hybridized carbons (Fsp3) is 0.882. The van der Waals surface area contributed by atoms with E-state index in [0.29, 0.717) is 39.0 Å². The Morgan fingerprint density at radius 1 is 1.19 bits per heavy atom. The van der Waals surface area contributed by atoms with Crippen LogP contribution in [0.2, 0.25) is 0 Å². The number of carbonyl (C=O) groups is 2. The highest BCUT2D eigenvalue weighted by molar-refractivity contribution is 5.79. The zero-order valence-electron chi connectivity index (χ0n) is 15.4. The van der Waals surface area contributed by atoms with Crippen LogP contribution < -0.4 is 5.32 Å². The smallest absolute Gasteiger partial charge is 0.340 e.